The fourth-order valence-electron chi connectivity index (χ4n) is 2.16. The second-order valence-electron chi connectivity index (χ2n) is 4.89. The maximum Gasteiger partial charge on any atom is 0.255 e. The minimum atomic E-state index is -0.195. The summed E-state index contributed by atoms with van der Waals surface area (Å²) in [7, 11) is 1.83. The molecule has 0 aliphatic rings. The molecule has 1 amide bonds. The molecule has 0 aliphatic carbocycles. The van der Waals surface area contributed by atoms with E-state index in [1.165, 1.54) is 0 Å². The van der Waals surface area contributed by atoms with Crippen molar-refractivity contribution in [3.63, 3.8) is 0 Å². The SMILES string of the molecule is CCCc1cc(C(=O)Nc2cn(C)nc2CC)cc(Cl)n1. The van der Waals surface area contributed by atoms with Gasteiger partial charge in [0, 0.05) is 24.5 Å². The molecule has 1 N–H and O–H groups in total. The zero-order chi connectivity index (χ0) is 15.4. The molecule has 0 saturated carbocycles. The van der Waals surface area contributed by atoms with Gasteiger partial charge in [0.1, 0.15) is 5.15 Å². The number of carbonyl (C=O) groups excluding carboxylic acids is 1. The van der Waals surface area contributed by atoms with Crippen molar-refractivity contribution >= 4 is 23.2 Å². The molecule has 6 heteroatoms. The van der Waals surface area contributed by atoms with E-state index in [1.54, 1.807) is 23.0 Å². The number of hydrogen-bond donors (Lipinski definition) is 1. The van der Waals surface area contributed by atoms with Crippen molar-refractivity contribution in [3.8, 4) is 0 Å². The Kier molecular flexibility index (Phi) is 4.96. The molecule has 0 bridgehead atoms. The van der Waals surface area contributed by atoms with Gasteiger partial charge in [-0.3, -0.25) is 9.48 Å². The van der Waals surface area contributed by atoms with Crippen LogP contribution in [0.4, 0.5) is 5.69 Å². The molecule has 2 aromatic rings. The molecule has 0 unspecified atom stereocenters. The Bertz CT molecular complexity index is 651. The Morgan fingerprint density at radius 3 is 2.81 bits per heavy atom. The van der Waals surface area contributed by atoms with Crippen LogP contribution in [-0.2, 0) is 19.9 Å². The maximum atomic E-state index is 12.4. The van der Waals surface area contributed by atoms with Crippen LogP contribution in [-0.4, -0.2) is 20.7 Å². The van der Waals surface area contributed by atoms with Gasteiger partial charge in [0.25, 0.3) is 5.91 Å². The van der Waals surface area contributed by atoms with Gasteiger partial charge in [-0.2, -0.15) is 5.10 Å². The number of carbonyl (C=O) groups is 1. The van der Waals surface area contributed by atoms with Crippen molar-refractivity contribution in [2.75, 3.05) is 5.32 Å². The fraction of sp³-hybridized carbons (Fsp3) is 0.400. The summed E-state index contributed by atoms with van der Waals surface area (Å²) in [5, 5.41) is 7.53. The summed E-state index contributed by atoms with van der Waals surface area (Å²) in [6.45, 7) is 4.06. The standard InChI is InChI=1S/C15H19ClN4O/c1-4-6-11-7-10(8-14(16)17-11)15(21)18-13-9-20(3)19-12(13)5-2/h7-9H,4-6H2,1-3H3,(H,18,21). The van der Waals surface area contributed by atoms with Crippen molar-refractivity contribution in [3.05, 3.63) is 40.4 Å². The Morgan fingerprint density at radius 1 is 1.38 bits per heavy atom. The van der Waals surface area contributed by atoms with Crippen molar-refractivity contribution in [2.24, 2.45) is 7.05 Å². The van der Waals surface area contributed by atoms with E-state index in [0.29, 0.717) is 10.7 Å². The van der Waals surface area contributed by atoms with Crippen LogP contribution in [0.3, 0.4) is 0 Å². The van der Waals surface area contributed by atoms with Gasteiger partial charge >= 0.3 is 0 Å². The van der Waals surface area contributed by atoms with Crippen LogP contribution in [0, 0.1) is 0 Å². The van der Waals surface area contributed by atoms with Gasteiger partial charge in [-0.25, -0.2) is 4.98 Å². The molecule has 0 aromatic carbocycles. The van der Waals surface area contributed by atoms with Crippen LogP contribution in [0.15, 0.2) is 18.3 Å². The third kappa shape index (κ3) is 3.82. The summed E-state index contributed by atoms with van der Waals surface area (Å²) in [5.41, 5.74) is 2.94. The molecule has 0 spiro atoms. The van der Waals surface area contributed by atoms with Crippen molar-refractivity contribution in [1.82, 2.24) is 14.8 Å². The number of nitrogens with one attached hydrogen (secondary N) is 1. The lowest BCUT2D eigenvalue weighted by atomic mass is 10.1. The highest BCUT2D eigenvalue weighted by atomic mass is 35.5. The van der Waals surface area contributed by atoms with E-state index in [0.717, 1.165) is 36.3 Å². The summed E-state index contributed by atoms with van der Waals surface area (Å²) < 4.78 is 1.69. The number of pyridine rings is 1. The van der Waals surface area contributed by atoms with E-state index < -0.39 is 0 Å². The molecular weight excluding hydrogens is 288 g/mol. The molecule has 0 aliphatic heterocycles. The zero-order valence-corrected chi connectivity index (χ0v) is 13.2. The van der Waals surface area contributed by atoms with Crippen LogP contribution in [0.5, 0.6) is 0 Å². The van der Waals surface area contributed by atoms with Crippen molar-refractivity contribution in [2.45, 2.75) is 33.1 Å². The summed E-state index contributed by atoms with van der Waals surface area (Å²) in [5.74, 6) is -0.195. The van der Waals surface area contributed by atoms with E-state index in [-0.39, 0.29) is 5.91 Å². The van der Waals surface area contributed by atoms with Gasteiger partial charge in [0.2, 0.25) is 0 Å². The first kappa shape index (κ1) is 15.5. The number of hydrogen-bond acceptors (Lipinski definition) is 3. The predicted octanol–water partition coefficient (Wildman–Crippen LogP) is 3.24. The Hall–Kier alpha value is -1.88. The number of nitrogens with zero attached hydrogens (tertiary/aromatic N) is 3. The Balaban J connectivity index is 2.23. The van der Waals surface area contributed by atoms with Gasteiger partial charge in [0.05, 0.1) is 11.4 Å². The smallest absolute Gasteiger partial charge is 0.255 e. The summed E-state index contributed by atoms with van der Waals surface area (Å²) in [4.78, 5) is 16.6. The second-order valence-corrected chi connectivity index (χ2v) is 5.28. The quantitative estimate of drug-likeness (QED) is 0.863. The third-order valence-electron chi connectivity index (χ3n) is 3.10. The number of aromatic nitrogens is 3. The average molecular weight is 307 g/mol. The van der Waals surface area contributed by atoms with Crippen LogP contribution < -0.4 is 5.32 Å². The monoisotopic (exact) mass is 306 g/mol. The Morgan fingerprint density at radius 2 is 2.14 bits per heavy atom. The molecule has 0 atom stereocenters. The van der Waals surface area contributed by atoms with Gasteiger partial charge < -0.3 is 5.32 Å². The van der Waals surface area contributed by atoms with Gasteiger partial charge in [-0.05, 0) is 25.0 Å². The van der Waals surface area contributed by atoms with Gasteiger partial charge in [0.15, 0.2) is 0 Å². The highest BCUT2D eigenvalue weighted by Crippen LogP contribution is 2.17. The molecule has 0 fully saturated rings. The molecule has 5 nitrogen and oxygen atoms in total. The maximum absolute atomic E-state index is 12.4. The molecule has 2 heterocycles. The molecule has 112 valence electrons. The minimum Gasteiger partial charge on any atom is -0.319 e. The number of aryl methyl sites for hydroxylation is 3. The van der Waals surface area contributed by atoms with E-state index in [2.05, 4.69) is 22.3 Å². The molecule has 2 aromatic heterocycles. The molecule has 21 heavy (non-hydrogen) atoms. The average Bonchev–Trinajstić information content (AvgIpc) is 2.78. The highest BCUT2D eigenvalue weighted by molar-refractivity contribution is 6.29. The molecule has 0 saturated heterocycles. The summed E-state index contributed by atoms with van der Waals surface area (Å²) in [6.07, 6.45) is 4.31. The third-order valence-corrected chi connectivity index (χ3v) is 3.30. The fourth-order valence-corrected chi connectivity index (χ4v) is 2.39. The lowest BCUT2D eigenvalue weighted by molar-refractivity contribution is 0.102. The van der Waals surface area contributed by atoms with Crippen LogP contribution in [0.1, 0.15) is 42.0 Å². The lowest BCUT2D eigenvalue weighted by Gasteiger charge is -2.07. The van der Waals surface area contributed by atoms with Gasteiger partial charge in [-0.15, -0.1) is 0 Å². The number of amides is 1. The summed E-state index contributed by atoms with van der Waals surface area (Å²) in [6, 6.07) is 3.37. The van der Waals surface area contributed by atoms with Crippen molar-refractivity contribution in [1.29, 1.82) is 0 Å². The lowest BCUT2D eigenvalue weighted by Crippen LogP contribution is -2.13. The molecular formula is C15H19ClN4O. The van der Waals surface area contributed by atoms with E-state index in [1.807, 2.05) is 14.0 Å². The van der Waals surface area contributed by atoms with E-state index in [9.17, 15) is 4.79 Å². The first-order chi connectivity index (χ1) is 10.0. The topological polar surface area (TPSA) is 59.8 Å². The van der Waals surface area contributed by atoms with Crippen LogP contribution in [0.25, 0.3) is 0 Å². The predicted molar refractivity (Wildman–Crippen MR) is 83.8 cm³/mol. The van der Waals surface area contributed by atoms with E-state index >= 15 is 0 Å². The van der Waals surface area contributed by atoms with Crippen molar-refractivity contribution < 1.29 is 4.79 Å². The number of rotatable bonds is 5. The minimum absolute atomic E-state index is 0.195. The van der Waals surface area contributed by atoms with Gasteiger partial charge in [-0.1, -0.05) is 31.9 Å². The first-order valence-electron chi connectivity index (χ1n) is 7.03. The first-order valence-corrected chi connectivity index (χ1v) is 7.41. The van der Waals surface area contributed by atoms with Crippen LogP contribution >= 0.6 is 11.6 Å². The number of anilines is 1. The normalized spacial score (nSPS) is 10.7. The highest BCUT2D eigenvalue weighted by Gasteiger charge is 2.13. The zero-order valence-electron chi connectivity index (χ0n) is 12.5. The number of halogens is 1. The Labute approximate surface area is 129 Å². The van der Waals surface area contributed by atoms with E-state index in [4.69, 9.17) is 11.6 Å². The summed E-state index contributed by atoms with van der Waals surface area (Å²) >= 11 is 5.99. The largest absolute Gasteiger partial charge is 0.319 e. The molecule has 2 rings (SSSR count). The molecule has 0 radical (unpaired) electrons. The second kappa shape index (κ2) is 6.72. The van der Waals surface area contributed by atoms with Crippen LogP contribution in [0.2, 0.25) is 5.15 Å².